The summed E-state index contributed by atoms with van der Waals surface area (Å²) in [4.78, 5) is 17.2. The van der Waals surface area contributed by atoms with Crippen molar-refractivity contribution in [2.45, 2.75) is 27.0 Å². The smallest absolute Gasteiger partial charge is 0.340 e. The Hall–Kier alpha value is -3.19. The molecule has 3 aromatic heterocycles. The lowest BCUT2D eigenvalue weighted by atomic mass is 10.2. The third-order valence-electron chi connectivity index (χ3n) is 4.83. The molecule has 1 aromatic carbocycles. The van der Waals surface area contributed by atoms with Crippen molar-refractivity contribution in [1.29, 1.82) is 0 Å². The van der Waals surface area contributed by atoms with Crippen LogP contribution in [0.25, 0.3) is 10.6 Å². The second-order valence-corrected chi connectivity index (χ2v) is 7.84. The number of hydrogen-bond donors (Lipinski definition) is 0. The van der Waals surface area contributed by atoms with Gasteiger partial charge in [0.05, 0.1) is 17.5 Å². The number of thiazole rings is 1. The van der Waals surface area contributed by atoms with E-state index in [1.165, 1.54) is 16.9 Å². The average molecular weight is 407 g/mol. The molecule has 0 aliphatic rings. The number of hydrogen-bond acceptors (Lipinski definition) is 5. The van der Waals surface area contributed by atoms with Gasteiger partial charge < -0.3 is 9.30 Å². The fourth-order valence-corrected chi connectivity index (χ4v) is 4.05. The summed E-state index contributed by atoms with van der Waals surface area (Å²) in [5.41, 5.74) is 5.43. The first kappa shape index (κ1) is 19.1. The van der Waals surface area contributed by atoms with E-state index in [1.807, 2.05) is 56.7 Å². The number of carbonyl (C=O) groups excluding carboxylic acids is 1. The van der Waals surface area contributed by atoms with E-state index in [4.69, 9.17) is 4.74 Å². The summed E-state index contributed by atoms with van der Waals surface area (Å²) in [6.45, 7) is 4.84. The highest BCUT2D eigenvalue weighted by molar-refractivity contribution is 7.13. The zero-order valence-electron chi connectivity index (χ0n) is 16.6. The molecule has 0 N–H and O–H groups in total. The van der Waals surface area contributed by atoms with E-state index in [0.29, 0.717) is 5.56 Å². The summed E-state index contributed by atoms with van der Waals surface area (Å²) in [5, 5.41) is 6.94. The lowest BCUT2D eigenvalue weighted by Crippen LogP contribution is -2.09. The van der Waals surface area contributed by atoms with Crippen molar-refractivity contribution in [3.05, 3.63) is 82.4 Å². The Balaban J connectivity index is 1.44. The summed E-state index contributed by atoms with van der Waals surface area (Å²) in [6, 6.07) is 12.1. The summed E-state index contributed by atoms with van der Waals surface area (Å²) < 4.78 is 9.41. The molecule has 0 aliphatic carbocycles. The number of rotatable bonds is 6. The van der Waals surface area contributed by atoms with Crippen molar-refractivity contribution in [3.8, 4) is 10.6 Å². The maximum Gasteiger partial charge on any atom is 0.340 e. The molecule has 29 heavy (non-hydrogen) atoms. The van der Waals surface area contributed by atoms with Gasteiger partial charge in [0.1, 0.15) is 11.6 Å². The molecular weight excluding hydrogens is 384 g/mol. The number of ether oxygens (including phenoxy) is 1. The summed E-state index contributed by atoms with van der Waals surface area (Å²) in [6.07, 6.45) is 3.69. The molecule has 0 saturated heterocycles. The minimum atomic E-state index is -0.326. The van der Waals surface area contributed by atoms with Crippen molar-refractivity contribution >= 4 is 17.3 Å². The number of aryl methyl sites for hydroxylation is 2. The van der Waals surface area contributed by atoms with E-state index in [0.717, 1.165) is 34.2 Å². The molecule has 4 aromatic rings. The molecular formula is C22H22N4O2S. The third-order valence-corrected chi connectivity index (χ3v) is 5.77. The van der Waals surface area contributed by atoms with Crippen LogP contribution in [0.5, 0.6) is 0 Å². The standard InChI is InChI=1S/C22H22N4O2S/c1-15-9-20(16(2)26(15)11-17-7-5-4-6-8-17)22(27)28-13-19-14-29-21(24-19)18-10-23-25(3)12-18/h4-10,12,14H,11,13H2,1-3H3. The van der Waals surface area contributed by atoms with Crippen molar-refractivity contribution in [3.63, 3.8) is 0 Å². The zero-order valence-corrected chi connectivity index (χ0v) is 17.4. The van der Waals surface area contributed by atoms with Crippen LogP contribution in [0.2, 0.25) is 0 Å². The Labute approximate surface area is 173 Å². The van der Waals surface area contributed by atoms with Crippen molar-refractivity contribution in [2.24, 2.45) is 7.05 Å². The number of nitrogens with zero attached hydrogens (tertiary/aromatic N) is 4. The largest absolute Gasteiger partial charge is 0.455 e. The van der Waals surface area contributed by atoms with Crippen LogP contribution in [0.4, 0.5) is 0 Å². The first-order valence-electron chi connectivity index (χ1n) is 9.32. The van der Waals surface area contributed by atoms with Gasteiger partial charge in [-0.2, -0.15) is 5.10 Å². The minimum Gasteiger partial charge on any atom is -0.455 e. The predicted octanol–water partition coefficient (Wildman–Crippen LogP) is 4.37. The molecule has 148 valence electrons. The van der Waals surface area contributed by atoms with Crippen LogP contribution >= 0.6 is 11.3 Å². The van der Waals surface area contributed by atoms with Gasteiger partial charge in [-0.3, -0.25) is 4.68 Å². The fraction of sp³-hybridized carbons (Fsp3) is 0.227. The maximum absolute atomic E-state index is 12.7. The first-order chi connectivity index (χ1) is 14.0. The van der Waals surface area contributed by atoms with Gasteiger partial charge in [-0.25, -0.2) is 9.78 Å². The van der Waals surface area contributed by atoms with Crippen molar-refractivity contribution in [2.75, 3.05) is 0 Å². The second kappa shape index (κ2) is 8.05. The summed E-state index contributed by atoms with van der Waals surface area (Å²) in [7, 11) is 1.87. The monoisotopic (exact) mass is 406 g/mol. The molecule has 6 nitrogen and oxygen atoms in total. The van der Waals surface area contributed by atoms with Crippen LogP contribution in [0.3, 0.4) is 0 Å². The third kappa shape index (κ3) is 4.14. The van der Waals surface area contributed by atoms with Crippen LogP contribution in [0, 0.1) is 13.8 Å². The van der Waals surface area contributed by atoms with Gasteiger partial charge >= 0.3 is 5.97 Å². The molecule has 0 amide bonds. The van der Waals surface area contributed by atoms with E-state index >= 15 is 0 Å². The molecule has 0 bridgehead atoms. The molecule has 0 saturated carbocycles. The van der Waals surface area contributed by atoms with Crippen molar-refractivity contribution in [1.82, 2.24) is 19.3 Å². The molecule has 4 rings (SSSR count). The lowest BCUT2D eigenvalue weighted by Gasteiger charge is -2.10. The molecule has 0 unspecified atom stereocenters. The van der Waals surface area contributed by atoms with Crippen molar-refractivity contribution < 1.29 is 9.53 Å². The number of esters is 1. The van der Waals surface area contributed by atoms with E-state index in [-0.39, 0.29) is 12.6 Å². The van der Waals surface area contributed by atoms with E-state index in [1.54, 1.807) is 10.9 Å². The summed E-state index contributed by atoms with van der Waals surface area (Å²) >= 11 is 1.51. The van der Waals surface area contributed by atoms with Gasteiger partial charge in [0, 0.05) is 42.1 Å². The van der Waals surface area contributed by atoms with Gasteiger partial charge in [-0.15, -0.1) is 11.3 Å². The predicted molar refractivity (Wildman–Crippen MR) is 113 cm³/mol. The van der Waals surface area contributed by atoms with E-state index in [2.05, 4.69) is 26.8 Å². The van der Waals surface area contributed by atoms with Crippen LogP contribution in [0.1, 0.15) is 33.0 Å². The molecule has 0 radical (unpaired) electrons. The Morgan fingerprint density at radius 3 is 2.72 bits per heavy atom. The number of carbonyl (C=O) groups is 1. The Bertz CT molecular complexity index is 1140. The van der Waals surface area contributed by atoms with Crippen LogP contribution < -0.4 is 0 Å². The Kier molecular flexibility index (Phi) is 5.31. The summed E-state index contributed by atoms with van der Waals surface area (Å²) in [5.74, 6) is -0.326. The normalized spacial score (nSPS) is 11.0. The van der Waals surface area contributed by atoms with Crippen LogP contribution in [-0.2, 0) is 24.9 Å². The SMILES string of the molecule is Cc1cc(C(=O)OCc2csc(-c3cnn(C)c3)n2)c(C)n1Cc1ccccc1. The van der Waals surface area contributed by atoms with Gasteiger partial charge in [0.2, 0.25) is 0 Å². The fourth-order valence-electron chi connectivity index (χ4n) is 3.27. The lowest BCUT2D eigenvalue weighted by molar-refractivity contribution is 0.0467. The number of aromatic nitrogens is 4. The molecule has 0 aliphatic heterocycles. The van der Waals surface area contributed by atoms with Crippen LogP contribution in [-0.4, -0.2) is 25.3 Å². The average Bonchev–Trinajstić information content (AvgIpc) is 3.43. The molecule has 0 atom stereocenters. The van der Waals surface area contributed by atoms with Gasteiger partial charge in [0.25, 0.3) is 0 Å². The first-order valence-corrected chi connectivity index (χ1v) is 10.2. The highest BCUT2D eigenvalue weighted by Gasteiger charge is 2.18. The second-order valence-electron chi connectivity index (χ2n) is 6.98. The molecule has 0 spiro atoms. The topological polar surface area (TPSA) is 61.9 Å². The molecule has 0 fully saturated rings. The van der Waals surface area contributed by atoms with Crippen LogP contribution in [0.15, 0.2) is 54.2 Å². The minimum absolute atomic E-state index is 0.151. The number of benzene rings is 1. The molecule has 3 heterocycles. The zero-order chi connectivity index (χ0) is 20.4. The highest BCUT2D eigenvalue weighted by atomic mass is 32.1. The quantitative estimate of drug-likeness (QED) is 0.446. The van der Waals surface area contributed by atoms with Gasteiger partial charge in [-0.05, 0) is 25.5 Å². The Morgan fingerprint density at radius 2 is 2.00 bits per heavy atom. The highest BCUT2D eigenvalue weighted by Crippen LogP contribution is 2.24. The van der Waals surface area contributed by atoms with Gasteiger partial charge in [-0.1, -0.05) is 30.3 Å². The van der Waals surface area contributed by atoms with Gasteiger partial charge in [0.15, 0.2) is 0 Å². The maximum atomic E-state index is 12.7. The van der Waals surface area contributed by atoms with E-state index < -0.39 is 0 Å². The van der Waals surface area contributed by atoms with E-state index in [9.17, 15) is 4.79 Å². The Morgan fingerprint density at radius 1 is 1.21 bits per heavy atom. The molecule has 7 heteroatoms.